The monoisotopic (exact) mass is 1430 g/mol. The van der Waals surface area contributed by atoms with Crippen LogP contribution in [0.4, 0.5) is 4.39 Å². The second-order valence-corrected chi connectivity index (χ2v) is 29.1. The van der Waals surface area contributed by atoms with Gasteiger partial charge in [0.25, 0.3) is 17.7 Å². The van der Waals surface area contributed by atoms with Crippen LogP contribution in [-0.2, 0) is 14.4 Å². The topological polar surface area (TPSA) is 217 Å². The Morgan fingerprint density at radius 3 is 1.21 bits per heavy atom. The molecule has 548 valence electrons. The predicted molar refractivity (Wildman–Crippen MR) is 400 cm³/mol. The summed E-state index contributed by atoms with van der Waals surface area (Å²) in [6.07, 6.45) is 18.6. The van der Waals surface area contributed by atoms with E-state index in [-0.39, 0.29) is 82.3 Å². The summed E-state index contributed by atoms with van der Waals surface area (Å²) >= 11 is 17.7. The molecule has 5 heterocycles. The van der Waals surface area contributed by atoms with Gasteiger partial charge < -0.3 is 62.1 Å². The molecule has 9 rings (SSSR count). The molecule has 6 amide bonds. The Morgan fingerprint density at radius 1 is 0.465 bits per heavy atom. The number of carbonyl (C=O) groups excluding carboxylic acids is 6. The third-order valence-corrected chi connectivity index (χ3v) is 22.1. The van der Waals surface area contributed by atoms with Crippen molar-refractivity contribution < 1.29 is 33.2 Å². The molecule has 6 atom stereocenters. The maximum absolute atomic E-state index is 13.6. The molecule has 5 aliphatic heterocycles. The number of piperidine rings is 2. The SMILES string of the molecule is CCC(CC)CN1CC[C@@H](CNC(=O)c2ccc(Cl)c(Cl)c2)N[C@@H](CCN2CCCCC2)C1=O.CCC(CC)CN1CC[C@@H](CNC(=O)c2ccc(Cl)c(F)c2)N[C@@H](CCN)C1=O.CCC(CC)CN1CC[C@@H](CNC(=O)c2ccc3ccccc3c2)N[C@@H](CCN2CCCCC2)C1=O. The molecule has 0 saturated carbocycles. The van der Waals surface area contributed by atoms with Crippen LogP contribution in [0.25, 0.3) is 10.8 Å². The number of halogens is 4. The average molecular weight is 1430 g/mol. The molecule has 5 saturated heterocycles. The Morgan fingerprint density at radius 2 is 0.828 bits per heavy atom. The molecular weight excluding hydrogens is 1310 g/mol. The van der Waals surface area contributed by atoms with Gasteiger partial charge in [0.15, 0.2) is 0 Å². The lowest BCUT2D eigenvalue weighted by Gasteiger charge is -2.30. The third kappa shape index (κ3) is 25.8. The van der Waals surface area contributed by atoms with Gasteiger partial charge in [-0.15, -0.1) is 0 Å². The molecule has 18 nitrogen and oxygen atoms in total. The highest BCUT2D eigenvalue weighted by Crippen LogP contribution is 2.25. The van der Waals surface area contributed by atoms with Gasteiger partial charge >= 0.3 is 0 Å². The number of carbonyl (C=O) groups is 6. The molecule has 8 N–H and O–H groups in total. The average Bonchev–Trinajstić information content (AvgIpc) is 1.70. The number of hydrogen-bond donors (Lipinski definition) is 7. The van der Waals surface area contributed by atoms with E-state index in [4.69, 9.17) is 40.5 Å². The number of nitrogens with one attached hydrogen (secondary N) is 6. The number of rotatable bonds is 29. The van der Waals surface area contributed by atoms with Crippen LogP contribution in [0.15, 0.2) is 78.9 Å². The molecule has 5 fully saturated rings. The van der Waals surface area contributed by atoms with E-state index in [9.17, 15) is 33.2 Å². The maximum atomic E-state index is 13.6. The lowest BCUT2D eigenvalue weighted by Crippen LogP contribution is -2.50. The highest BCUT2D eigenvalue weighted by atomic mass is 35.5. The second-order valence-electron chi connectivity index (χ2n) is 27.9. The van der Waals surface area contributed by atoms with Gasteiger partial charge in [0, 0.05) is 107 Å². The van der Waals surface area contributed by atoms with Crippen molar-refractivity contribution in [3.63, 3.8) is 0 Å². The Balaban J connectivity index is 0.000000210. The number of likely N-dealkylation sites (tertiary alicyclic amines) is 2. The van der Waals surface area contributed by atoms with Crippen LogP contribution in [-0.4, -0.2) is 201 Å². The van der Waals surface area contributed by atoms with Gasteiger partial charge in [0.2, 0.25) is 17.7 Å². The molecule has 4 aromatic rings. The first kappa shape index (κ1) is 80.8. The fraction of sp³-hybridized carbons (Fsp3) is 0.636. The van der Waals surface area contributed by atoms with Gasteiger partial charge in [-0.3, -0.25) is 28.8 Å². The van der Waals surface area contributed by atoms with Crippen LogP contribution < -0.4 is 37.6 Å². The van der Waals surface area contributed by atoms with Crippen LogP contribution in [0.1, 0.15) is 188 Å². The second kappa shape index (κ2) is 42.8. The van der Waals surface area contributed by atoms with E-state index < -0.39 is 5.82 Å². The highest BCUT2D eigenvalue weighted by Gasteiger charge is 2.35. The minimum Gasteiger partial charge on any atom is -0.350 e. The fourth-order valence-corrected chi connectivity index (χ4v) is 14.6. The number of hydrogen-bond acceptors (Lipinski definition) is 12. The first-order valence-corrected chi connectivity index (χ1v) is 38.5. The highest BCUT2D eigenvalue weighted by molar-refractivity contribution is 6.42. The molecule has 0 aliphatic carbocycles. The number of amides is 6. The zero-order valence-corrected chi connectivity index (χ0v) is 62.3. The Kier molecular flexibility index (Phi) is 35.0. The summed E-state index contributed by atoms with van der Waals surface area (Å²) in [6.45, 7) is 25.8. The Bertz CT molecular complexity index is 3160. The van der Waals surface area contributed by atoms with E-state index >= 15 is 0 Å². The first-order valence-electron chi connectivity index (χ1n) is 37.4. The van der Waals surface area contributed by atoms with Gasteiger partial charge in [-0.05, 0) is 174 Å². The normalized spacial score (nSPS) is 21.4. The van der Waals surface area contributed by atoms with Gasteiger partial charge in [-0.2, -0.15) is 0 Å². The maximum Gasteiger partial charge on any atom is 0.251 e. The lowest BCUT2D eigenvalue weighted by atomic mass is 10.0. The van der Waals surface area contributed by atoms with Crippen molar-refractivity contribution in [3.05, 3.63) is 116 Å². The van der Waals surface area contributed by atoms with Gasteiger partial charge in [0.05, 0.1) is 33.2 Å². The van der Waals surface area contributed by atoms with E-state index in [0.717, 1.165) is 159 Å². The summed E-state index contributed by atoms with van der Waals surface area (Å²) in [5.41, 5.74) is 7.09. The number of nitrogens with two attached hydrogens (primary N) is 1. The van der Waals surface area contributed by atoms with Crippen LogP contribution >= 0.6 is 34.8 Å². The summed E-state index contributed by atoms with van der Waals surface area (Å²) in [6, 6.07) is 22.1. The van der Waals surface area contributed by atoms with Crippen LogP contribution in [0.5, 0.6) is 0 Å². The van der Waals surface area contributed by atoms with Crippen LogP contribution in [0, 0.1) is 23.6 Å². The Hall–Kier alpha value is -5.48. The molecule has 99 heavy (non-hydrogen) atoms. The van der Waals surface area contributed by atoms with Gasteiger partial charge in [0.1, 0.15) is 5.82 Å². The summed E-state index contributed by atoms with van der Waals surface area (Å²) in [7, 11) is 0. The smallest absolute Gasteiger partial charge is 0.251 e. The molecule has 0 aromatic heterocycles. The number of nitrogens with zero attached hydrogens (tertiary/aromatic N) is 5. The van der Waals surface area contributed by atoms with Crippen molar-refractivity contribution in [2.75, 3.05) is 105 Å². The fourth-order valence-electron chi connectivity index (χ4n) is 14.2. The molecule has 0 unspecified atom stereocenters. The van der Waals surface area contributed by atoms with E-state index in [2.05, 4.69) is 99.1 Å². The van der Waals surface area contributed by atoms with Crippen molar-refractivity contribution in [2.45, 2.75) is 193 Å². The summed E-state index contributed by atoms with van der Waals surface area (Å²) < 4.78 is 13.6. The number of fused-ring (bicyclic) bond motifs is 1. The minimum atomic E-state index is -0.627. The molecule has 4 aromatic carbocycles. The first-order chi connectivity index (χ1) is 47.9. The van der Waals surface area contributed by atoms with E-state index in [0.29, 0.717) is 78.1 Å². The summed E-state index contributed by atoms with van der Waals surface area (Å²) in [4.78, 5) is 89.1. The van der Waals surface area contributed by atoms with Crippen molar-refractivity contribution in [2.24, 2.45) is 23.5 Å². The zero-order chi connectivity index (χ0) is 71.2. The van der Waals surface area contributed by atoms with Crippen molar-refractivity contribution >= 4 is 81.0 Å². The van der Waals surface area contributed by atoms with Crippen LogP contribution in [0.3, 0.4) is 0 Å². The number of benzene rings is 4. The molecule has 0 spiro atoms. The molecular formula is C77H116Cl3FN12O6. The molecule has 22 heteroatoms. The van der Waals surface area contributed by atoms with Gasteiger partial charge in [-0.25, -0.2) is 4.39 Å². The molecule has 5 aliphatic rings. The van der Waals surface area contributed by atoms with Crippen molar-refractivity contribution in [1.29, 1.82) is 0 Å². The lowest BCUT2D eigenvalue weighted by molar-refractivity contribution is -0.134. The van der Waals surface area contributed by atoms with Crippen molar-refractivity contribution in [3.8, 4) is 0 Å². The zero-order valence-electron chi connectivity index (χ0n) is 60.0. The largest absolute Gasteiger partial charge is 0.350 e. The predicted octanol–water partition coefficient (Wildman–Crippen LogP) is 11.6. The van der Waals surface area contributed by atoms with Gasteiger partial charge in [-0.1, -0.05) is 158 Å². The van der Waals surface area contributed by atoms with Crippen molar-refractivity contribution in [1.82, 2.24) is 56.4 Å². The molecule has 0 bridgehead atoms. The summed E-state index contributed by atoms with van der Waals surface area (Å²) in [5.74, 6) is 0.832. The van der Waals surface area contributed by atoms with E-state index in [1.165, 1.54) is 50.7 Å². The summed E-state index contributed by atoms with van der Waals surface area (Å²) in [5, 5.41) is 22.5. The Labute approximate surface area is 605 Å². The molecule has 0 radical (unpaired) electrons. The third-order valence-electron chi connectivity index (χ3n) is 21.0. The standard InChI is InChI=1S/C30H44N4O2.C26H40Cl2N4O2.C21H32ClFN4O2/c1-3-23(4-2)22-34-19-14-27(32-28(30(34)36)15-18-33-16-8-5-9-17-33)21-31-29(35)26-13-12-24-10-6-7-11-25(24)20-26;1-3-19(4-2)18-32-15-10-21(17-29-25(33)20-8-9-22(27)23(28)16-20)30-24(26(32)34)11-14-31-12-6-5-7-13-31;1-3-14(4-2)13-27-10-8-16(26-19(7-9-24)21(27)29)12-25-20(28)15-5-6-17(22)18(23)11-15/h6-7,10-13,20,23,27-28,32H,3-5,8-9,14-19,21-22H2,1-2H3,(H,31,35);8-9,16,19,21,24,30H,3-7,10-15,17-18H2,1-2H3,(H,29,33);5-6,11,14,16,19,26H,3-4,7-10,12-13,24H2,1-2H3,(H,25,28)/t27-,28-;21-,24-;16-,19-/m000/s1. The van der Waals surface area contributed by atoms with E-state index in [1.807, 2.05) is 41.3 Å². The van der Waals surface area contributed by atoms with E-state index in [1.54, 1.807) is 18.2 Å². The minimum absolute atomic E-state index is 0.0207. The quantitative estimate of drug-likeness (QED) is 0.0270. The van der Waals surface area contributed by atoms with Crippen LogP contribution in [0.2, 0.25) is 15.1 Å².